The van der Waals surface area contributed by atoms with E-state index in [1.807, 2.05) is 6.92 Å². The molecule has 0 saturated heterocycles. The van der Waals surface area contributed by atoms with Gasteiger partial charge in [0.05, 0.1) is 4.90 Å². The standard InChI is InChI=1S/C14H20N2O3S/c1-8-7-9(2)12(20(15,18)19)10(3)11(8)13(17)16-14(4)5-6-14/h7H,5-6H2,1-4H3,(H,16,17)(H2,15,18,19). The predicted molar refractivity (Wildman–Crippen MR) is 77.1 cm³/mol. The van der Waals surface area contributed by atoms with Gasteiger partial charge >= 0.3 is 0 Å². The summed E-state index contributed by atoms with van der Waals surface area (Å²) in [7, 11) is -3.85. The lowest BCUT2D eigenvalue weighted by Gasteiger charge is -2.18. The number of rotatable bonds is 3. The minimum absolute atomic E-state index is 0.0502. The molecule has 5 nitrogen and oxygen atoms in total. The average molecular weight is 296 g/mol. The summed E-state index contributed by atoms with van der Waals surface area (Å²) in [5.41, 5.74) is 2.01. The fourth-order valence-corrected chi connectivity index (χ4v) is 3.64. The second-order valence-electron chi connectivity index (χ2n) is 5.90. The Morgan fingerprint density at radius 3 is 2.25 bits per heavy atom. The first-order valence-corrected chi connectivity index (χ1v) is 8.06. The highest BCUT2D eigenvalue weighted by molar-refractivity contribution is 7.89. The zero-order valence-corrected chi connectivity index (χ0v) is 13.0. The molecule has 3 N–H and O–H groups in total. The van der Waals surface area contributed by atoms with Gasteiger partial charge in [-0.15, -0.1) is 0 Å². The normalized spacial score (nSPS) is 16.9. The molecule has 0 bridgehead atoms. The molecule has 1 amide bonds. The monoisotopic (exact) mass is 296 g/mol. The van der Waals surface area contributed by atoms with Crippen molar-refractivity contribution >= 4 is 15.9 Å². The van der Waals surface area contributed by atoms with E-state index in [2.05, 4.69) is 5.32 Å². The van der Waals surface area contributed by atoms with Crippen molar-refractivity contribution in [3.8, 4) is 0 Å². The third-order valence-corrected chi connectivity index (χ3v) is 5.03. The van der Waals surface area contributed by atoms with Crippen LogP contribution < -0.4 is 10.5 Å². The quantitative estimate of drug-likeness (QED) is 0.886. The smallest absolute Gasteiger partial charge is 0.252 e. The van der Waals surface area contributed by atoms with Crippen molar-refractivity contribution in [3.05, 3.63) is 28.3 Å². The van der Waals surface area contributed by atoms with E-state index in [-0.39, 0.29) is 16.3 Å². The summed E-state index contributed by atoms with van der Waals surface area (Å²) >= 11 is 0. The molecule has 1 fully saturated rings. The molecule has 1 saturated carbocycles. The molecule has 0 radical (unpaired) electrons. The molecular weight excluding hydrogens is 276 g/mol. The molecule has 110 valence electrons. The van der Waals surface area contributed by atoms with Crippen molar-refractivity contribution in [2.24, 2.45) is 5.14 Å². The van der Waals surface area contributed by atoms with Gasteiger partial charge in [-0.1, -0.05) is 6.07 Å². The van der Waals surface area contributed by atoms with Crippen LogP contribution in [0.2, 0.25) is 0 Å². The lowest BCUT2D eigenvalue weighted by atomic mass is 9.98. The van der Waals surface area contributed by atoms with Gasteiger partial charge in [0.15, 0.2) is 0 Å². The van der Waals surface area contributed by atoms with Crippen LogP contribution in [-0.4, -0.2) is 19.9 Å². The Morgan fingerprint density at radius 2 is 1.80 bits per heavy atom. The zero-order chi connectivity index (χ0) is 15.3. The highest BCUT2D eigenvalue weighted by Gasteiger charge is 2.39. The third-order valence-electron chi connectivity index (χ3n) is 3.83. The van der Waals surface area contributed by atoms with Gasteiger partial charge in [0.25, 0.3) is 5.91 Å². The van der Waals surface area contributed by atoms with Crippen molar-refractivity contribution in [1.82, 2.24) is 5.32 Å². The Balaban J connectivity index is 2.56. The highest BCUT2D eigenvalue weighted by Crippen LogP contribution is 2.35. The van der Waals surface area contributed by atoms with E-state index in [1.54, 1.807) is 26.8 Å². The maximum absolute atomic E-state index is 12.4. The number of carbonyl (C=O) groups excluding carboxylic acids is 1. The van der Waals surface area contributed by atoms with Gasteiger partial charge in [0, 0.05) is 11.1 Å². The fourth-order valence-electron chi connectivity index (χ4n) is 2.60. The molecule has 0 heterocycles. The minimum atomic E-state index is -3.85. The second kappa shape index (κ2) is 4.56. The zero-order valence-electron chi connectivity index (χ0n) is 12.2. The summed E-state index contributed by atoms with van der Waals surface area (Å²) < 4.78 is 23.4. The number of hydrogen-bond donors (Lipinski definition) is 2. The largest absolute Gasteiger partial charge is 0.347 e. The Kier molecular flexibility index (Phi) is 3.42. The first-order chi connectivity index (χ1) is 9.05. The molecule has 2 rings (SSSR count). The Bertz CT molecular complexity index is 689. The van der Waals surface area contributed by atoms with Crippen LogP contribution in [-0.2, 0) is 10.0 Å². The number of nitrogens with two attached hydrogens (primary N) is 1. The minimum Gasteiger partial charge on any atom is -0.347 e. The van der Waals surface area contributed by atoms with Crippen LogP contribution in [0.4, 0.5) is 0 Å². The molecule has 20 heavy (non-hydrogen) atoms. The topological polar surface area (TPSA) is 89.3 Å². The fraction of sp³-hybridized carbons (Fsp3) is 0.500. The number of aryl methyl sites for hydroxylation is 2. The Hall–Kier alpha value is -1.40. The molecule has 0 atom stereocenters. The van der Waals surface area contributed by atoms with E-state index < -0.39 is 10.0 Å². The summed E-state index contributed by atoms with van der Waals surface area (Å²) in [6.07, 6.45) is 1.90. The molecule has 0 unspecified atom stereocenters. The van der Waals surface area contributed by atoms with E-state index >= 15 is 0 Å². The van der Waals surface area contributed by atoms with E-state index in [1.165, 1.54) is 0 Å². The summed E-state index contributed by atoms with van der Waals surface area (Å²) in [5, 5.41) is 8.21. The predicted octanol–water partition coefficient (Wildman–Crippen LogP) is 1.54. The van der Waals surface area contributed by atoms with E-state index in [4.69, 9.17) is 5.14 Å². The van der Waals surface area contributed by atoms with Crippen LogP contribution in [0.1, 0.15) is 46.8 Å². The molecule has 1 aliphatic rings. The van der Waals surface area contributed by atoms with Crippen molar-refractivity contribution in [3.63, 3.8) is 0 Å². The number of benzene rings is 1. The van der Waals surface area contributed by atoms with Crippen molar-refractivity contribution < 1.29 is 13.2 Å². The number of primary sulfonamides is 1. The SMILES string of the molecule is Cc1cc(C)c(S(N)(=O)=O)c(C)c1C(=O)NC1(C)CC1. The van der Waals surface area contributed by atoms with Gasteiger partial charge < -0.3 is 5.32 Å². The van der Waals surface area contributed by atoms with Crippen LogP contribution in [0, 0.1) is 20.8 Å². The van der Waals surface area contributed by atoms with Crippen LogP contribution in [0.25, 0.3) is 0 Å². The van der Waals surface area contributed by atoms with Gasteiger partial charge in [-0.25, -0.2) is 13.6 Å². The summed E-state index contributed by atoms with van der Waals surface area (Å²) in [6.45, 7) is 7.09. The molecule has 0 aliphatic heterocycles. The molecular formula is C14H20N2O3S. The molecule has 0 aromatic heterocycles. The van der Waals surface area contributed by atoms with Gasteiger partial charge in [0.1, 0.15) is 0 Å². The Labute approximate surface area is 119 Å². The van der Waals surface area contributed by atoms with Crippen molar-refractivity contribution in [2.75, 3.05) is 0 Å². The van der Waals surface area contributed by atoms with Gasteiger partial charge in [0.2, 0.25) is 10.0 Å². The first kappa shape index (κ1) is 15.0. The number of nitrogens with one attached hydrogen (secondary N) is 1. The number of hydrogen-bond acceptors (Lipinski definition) is 3. The third kappa shape index (κ3) is 2.71. The van der Waals surface area contributed by atoms with Crippen molar-refractivity contribution in [2.45, 2.75) is 51.0 Å². The summed E-state index contributed by atoms with van der Waals surface area (Å²) in [5.74, 6) is -0.232. The number of sulfonamides is 1. The average Bonchev–Trinajstić information content (AvgIpc) is 2.91. The lowest BCUT2D eigenvalue weighted by molar-refractivity contribution is 0.0934. The summed E-state index contributed by atoms with van der Waals surface area (Å²) in [6, 6.07) is 1.69. The van der Waals surface area contributed by atoms with Crippen LogP contribution in [0.5, 0.6) is 0 Å². The molecule has 6 heteroatoms. The van der Waals surface area contributed by atoms with Gasteiger partial charge in [-0.3, -0.25) is 4.79 Å². The van der Waals surface area contributed by atoms with E-state index in [0.29, 0.717) is 16.7 Å². The van der Waals surface area contributed by atoms with E-state index in [0.717, 1.165) is 18.4 Å². The molecule has 1 aliphatic carbocycles. The molecule has 1 aromatic carbocycles. The molecule has 0 spiro atoms. The number of amides is 1. The highest BCUT2D eigenvalue weighted by atomic mass is 32.2. The lowest BCUT2D eigenvalue weighted by Crippen LogP contribution is -2.35. The van der Waals surface area contributed by atoms with Crippen LogP contribution >= 0.6 is 0 Å². The number of carbonyl (C=O) groups is 1. The van der Waals surface area contributed by atoms with Gasteiger partial charge in [-0.2, -0.15) is 0 Å². The summed E-state index contributed by atoms with van der Waals surface area (Å²) in [4.78, 5) is 12.4. The maximum atomic E-state index is 12.4. The maximum Gasteiger partial charge on any atom is 0.252 e. The van der Waals surface area contributed by atoms with Gasteiger partial charge in [-0.05, 0) is 57.2 Å². The first-order valence-electron chi connectivity index (χ1n) is 6.51. The Morgan fingerprint density at radius 1 is 1.25 bits per heavy atom. The van der Waals surface area contributed by atoms with Crippen LogP contribution in [0.15, 0.2) is 11.0 Å². The molecule has 1 aromatic rings. The van der Waals surface area contributed by atoms with Crippen molar-refractivity contribution in [1.29, 1.82) is 0 Å². The second-order valence-corrected chi connectivity index (χ2v) is 7.40. The van der Waals surface area contributed by atoms with Crippen LogP contribution in [0.3, 0.4) is 0 Å². The van der Waals surface area contributed by atoms with E-state index in [9.17, 15) is 13.2 Å².